The lowest BCUT2D eigenvalue weighted by Crippen LogP contribution is -2.21. The highest BCUT2D eigenvalue weighted by molar-refractivity contribution is 5.85. The third kappa shape index (κ3) is 2.04. The van der Waals surface area contributed by atoms with E-state index in [-0.39, 0.29) is 12.4 Å². The third-order valence-electron chi connectivity index (χ3n) is 2.72. The molecule has 1 N–H and O–H groups in total. The Morgan fingerprint density at radius 1 is 1.31 bits per heavy atom. The van der Waals surface area contributed by atoms with E-state index in [9.17, 15) is 0 Å². The van der Waals surface area contributed by atoms with E-state index in [1.54, 1.807) is 0 Å². The molecule has 1 aliphatic rings. The summed E-state index contributed by atoms with van der Waals surface area (Å²) in [6, 6.07) is 9.36. The fraction of sp³-hybridized carbons (Fsp3) is 0.455. The van der Waals surface area contributed by atoms with Gasteiger partial charge in [0.1, 0.15) is 0 Å². The molecule has 0 saturated heterocycles. The molecule has 1 aromatic rings. The van der Waals surface area contributed by atoms with Gasteiger partial charge in [-0.2, -0.15) is 0 Å². The Kier molecular flexibility index (Phi) is 3.76. The maximum atomic E-state index is 3.36. The Morgan fingerprint density at radius 3 is 2.85 bits per heavy atom. The van der Waals surface area contributed by atoms with Gasteiger partial charge in [-0.3, -0.25) is 0 Å². The number of benzene rings is 1. The van der Waals surface area contributed by atoms with Crippen LogP contribution in [0.25, 0.3) is 0 Å². The number of fused-ring (bicyclic) bond motifs is 1. The quantitative estimate of drug-likeness (QED) is 0.730. The molecular formula is C11H16ClN. The summed E-state index contributed by atoms with van der Waals surface area (Å²) >= 11 is 0. The molecule has 2 heteroatoms. The maximum Gasteiger partial charge on any atom is 0.0320 e. The highest BCUT2D eigenvalue weighted by Gasteiger charge is 2.16. The first kappa shape index (κ1) is 10.6. The van der Waals surface area contributed by atoms with Gasteiger partial charge in [-0.1, -0.05) is 24.3 Å². The van der Waals surface area contributed by atoms with Crippen LogP contribution in [-0.2, 0) is 6.42 Å². The zero-order chi connectivity index (χ0) is 8.39. The van der Waals surface area contributed by atoms with Gasteiger partial charge in [0.05, 0.1) is 0 Å². The van der Waals surface area contributed by atoms with Crippen molar-refractivity contribution in [2.75, 3.05) is 7.05 Å². The minimum absolute atomic E-state index is 0. The van der Waals surface area contributed by atoms with Gasteiger partial charge >= 0.3 is 0 Å². The number of rotatable bonds is 1. The van der Waals surface area contributed by atoms with Crippen molar-refractivity contribution in [3.63, 3.8) is 0 Å². The molecule has 1 aromatic carbocycles. The summed E-state index contributed by atoms with van der Waals surface area (Å²) in [5.74, 6) is 0. The van der Waals surface area contributed by atoms with Gasteiger partial charge in [0.2, 0.25) is 0 Å². The summed E-state index contributed by atoms with van der Waals surface area (Å²) in [5.41, 5.74) is 3.04. The largest absolute Gasteiger partial charge is 0.313 e. The maximum absolute atomic E-state index is 3.36. The van der Waals surface area contributed by atoms with Crippen molar-refractivity contribution in [1.82, 2.24) is 5.32 Å². The average molecular weight is 198 g/mol. The molecule has 0 aliphatic heterocycles. The second kappa shape index (κ2) is 4.64. The summed E-state index contributed by atoms with van der Waals surface area (Å²) < 4.78 is 0. The van der Waals surface area contributed by atoms with Crippen LogP contribution in [0, 0.1) is 0 Å². The van der Waals surface area contributed by atoms with Crippen LogP contribution in [0.4, 0.5) is 0 Å². The van der Waals surface area contributed by atoms with Crippen molar-refractivity contribution in [1.29, 1.82) is 0 Å². The number of aryl methyl sites for hydroxylation is 1. The number of halogens is 1. The second-order valence-electron chi connectivity index (χ2n) is 3.43. The van der Waals surface area contributed by atoms with E-state index in [4.69, 9.17) is 0 Å². The predicted molar refractivity (Wildman–Crippen MR) is 58.4 cm³/mol. The lowest BCUT2D eigenvalue weighted by molar-refractivity contribution is 0.496. The molecule has 0 heterocycles. The van der Waals surface area contributed by atoms with Gasteiger partial charge in [0.25, 0.3) is 0 Å². The lowest BCUT2D eigenvalue weighted by Gasteiger charge is -2.24. The molecule has 1 unspecified atom stereocenters. The van der Waals surface area contributed by atoms with E-state index in [0.717, 1.165) is 0 Å². The molecule has 0 radical (unpaired) electrons. The van der Waals surface area contributed by atoms with Crippen LogP contribution < -0.4 is 5.32 Å². The highest BCUT2D eigenvalue weighted by Crippen LogP contribution is 2.28. The van der Waals surface area contributed by atoms with Gasteiger partial charge in [-0.05, 0) is 37.4 Å². The first-order valence-corrected chi connectivity index (χ1v) is 4.67. The SMILES string of the molecule is CNC1CCCc2ccccc21.Cl. The molecule has 0 spiro atoms. The first-order chi connectivity index (χ1) is 5.92. The fourth-order valence-electron chi connectivity index (χ4n) is 2.05. The van der Waals surface area contributed by atoms with E-state index in [1.807, 2.05) is 7.05 Å². The number of hydrogen-bond acceptors (Lipinski definition) is 1. The Bertz CT molecular complexity index is 273. The third-order valence-corrected chi connectivity index (χ3v) is 2.72. The van der Waals surface area contributed by atoms with Crippen LogP contribution >= 0.6 is 12.4 Å². The van der Waals surface area contributed by atoms with Crippen molar-refractivity contribution in [3.05, 3.63) is 35.4 Å². The molecule has 1 aliphatic carbocycles. The monoisotopic (exact) mass is 197 g/mol. The van der Waals surface area contributed by atoms with E-state index >= 15 is 0 Å². The van der Waals surface area contributed by atoms with Crippen molar-refractivity contribution >= 4 is 12.4 Å². The van der Waals surface area contributed by atoms with Crippen LogP contribution in [0.5, 0.6) is 0 Å². The van der Waals surface area contributed by atoms with Crippen molar-refractivity contribution in [3.8, 4) is 0 Å². The molecule has 0 saturated carbocycles. The minimum Gasteiger partial charge on any atom is -0.313 e. The summed E-state index contributed by atoms with van der Waals surface area (Å²) in [6.45, 7) is 0. The molecule has 0 aromatic heterocycles. The molecule has 1 nitrogen and oxygen atoms in total. The summed E-state index contributed by atoms with van der Waals surface area (Å²) in [7, 11) is 2.05. The molecule has 1 atom stereocenters. The molecule has 0 bridgehead atoms. The Morgan fingerprint density at radius 2 is 2.08 bits per heavy atom. The summed E-state index contributed by atoms with van der Waals surface area (Å²) in [6.07, 6.45) is 3.87. The standard InChI is InChI=1S/C11H15N.ClH/c1-12-11-8-4-6-9-5-2-3-7-10(9)11;/h2-3,5,7,11-12H,4,6,8H2,1H3;1H. The van der Waals surface area contributed by atoms with E-state index < -0.39 is 0 Å². The molecule has 0 amide bonds. The fourth-order valence-corrected chi connectivity index (χ4v) is 2.05. The first-order valence-electron chi connectivity index (χ1n) is 4.67. The van der Waals surface area contributed by atoms with Crippen LogP contribution in [0.3, 0.4) is 0 Å². The zero-order valence-electron chi connectivity index (χ0n) is 7.92. The molecule has 0 fully saturated rings. The molecule has 72 valence electrons. The lowest BCUT2D eigenvalue weighted by atomic mass is 9.88. The smallest absolute Gasteiger partial charge is 0.0320 e. The van der Waals surface area contributed by atoms with E-state index in [1.165, 1.54) is 30.4 Å². The van der Waals surface area contributed by atoms with Crippen LogP contribution in [0.1, 0.15) is 30.0 Å². The van der Waals surface area contributed by atoms with Crippen LogP contribution in [0.15, 0.2) is 24.3 Å². The van der Waals surface area contributed by atoms with E-state index in [2.05, 4.69) is 29.6 Å². The van der Waals surface area contributed by atoms with Crippen molar-refractivity contribution in [2.24, 2.45) is 0 Å². The van der Waals surface area contributed by atoms with Crippen LogP contribution in [-0.4, -0.2) is 7.05 Å². The highest BCUT2D eigenvalue weighted by atomic mass is 35.5. The van der Waals surface area contributed by atoms with Gasteiger partial charge in [0.15, 0.2) is 0 Å². The van der Waals surface area contributed by atoms with E-state index in [0.29, 0.717) is 6.04 Å². The Balaban J connectivity index is 0.000000845. The molecule has 2 rings (SSSR count). The number of nitrogens with one attached hydrogen (secondary N) is 1. The topological polar surface area (TPSA) is 12.0 Å². The molecule has 13 heavy (non-hydrogen) atoms. The summed E-state index contributed by atoms with van der Waals surface area (Å²) in [5, 5.41) is 3.36. The van der Waals surface area contributed by atoms with Gasteiger partial charge in [0, 0.05) is 6.04 Å². The molecular weight excluding hydrogens is 182 g/mol. The van der Waals surface area contributed by atoms with Gasteiger partial charge < -0.3 is 5.32 Å². The number of hydrogen-bond donors (Lipinski definition) is 1. The van der Waals surface area contributed by atoms with Crippen molar-refractivity contribution in [2.45, 2.75) is 25.3 Å². The predicted octanol–water partition coefficient (Wildman–Crippen LogP) is 2.71. The second-order valence-corrected chi connectivity index (χ2v) is 3.43. The van der Waals surface area contributed by atoms with Gasteiger partial charge in [-0.15, -0.1) is 12.4 Å². The Labute approximate surface area is 86.0 Å². The summed E-state index contributed by atoms with van der Waals surface area (Å²) in [4.78, 5) is 0. The van der Waals surface area contributed by atoms with Crippen LogP contribution in [0.2, 0.25) is 0 Å². The van der Waals surface area contributed by atoms with Gasteiger partial charge in [-0.25, -0.2) is 0 Å². The average Bonchev–Trinajstić information content (AvgIpc) is 2.17. The minimum atomic E-state index is 0. The van der Waals surface area contributed by atoms with Crippen molar-refractivity contribution < 1.29 is 0 Å². The Hall–Kier alpha value is -0.530. The zero-order valence-corrected chi connectivity index (χ0v) is 8.73. The normalized spacial score (nSPS) is 20.2.